The van der Waals surface area contributed by atoms with Crippen molar-refractivity contribution in [2.45, 2.75) is 6.92 Å². The van der Waals surface area contributed by atoms with E-state index in [1.165, 1.54) is 11.3 Å². The van der Waals surface area contributed by atoms with Crippen LogP contribution in [0, 0.1) is 6.92 Å². The van der Waals surface area contributed by atoms with Gasteiger partial charge in [0.2, 0.25) is 5.78 Å². The third kappa shape index (κ3) is 1.46. The van der Waals surface area contributed by atoms with E-state index in [9.17, 15) is 4.79 Å². The van der Waals surface area contributed by atoms with Crippen molar-refractivity contribution in [3.05, 3.63) is 34.0 Å². The van der Waals surface area contributed by atoms with Crippen LogP contribution in [0.1, 0.15) is 20.4 Å². The van der Waals surface area contributed by atoms with Gasteiger partial charge in [0, 0.05) is 19.4 Å². The summed E-state index contributed by atoms with van der Waals surface area (Å²) in [6.07, 6.45) is 3.22. The Morgan fingerprint density at radius 1 is 1.57 bits per heavy atom. The van der Waals surface area contributed by atoms with E-state index in [4.69, 9.17) is 0 Å². The Hall–Kier alpha value is -1.49. The fraction of sp³-hybridized carbons (Fsp3) is 0.222. The molecule has 0 saturated heterocycles. The molecule has 0 aliphatic rings. The Morgan fingerprint density at radius 2 is 2.36 bits per heavy atom. The topological polar surface area (TPSA) is 47.8 Å². The van der Waals surface area contributed by atoms with Crippen LogP contribution < -0.4 is 0 Å². The van der Waals surface area contributed by atoms with Crippen molar-refractivity contribution in [1.82, 2.24) is 14.8 Å². The maximum atomic E-state index is 11.9. The number of rotatable bonds is 2. The first-order valence-electron chi connectivity index (χ1n) is 4.13. The zero-order chi connectivity index (χ0) is 10.1. The summed E-state index contributed by atoms with van der Waals surface area (Å²) < 4.78 is 1.57. The fourth-order valence-electron chi connectivity index (χ4n) is 1.19. The molecule has 0 amide bonds. The Balaban J connectivity index is 2.38. The molecule has 0 atom stereocenters. The van der Waals surface area contributed by atoms with Gasteiger partial charge in [-0.25, -0.2) is 4.98 Å². The number of ketones is 1. The second-order valence-electron chi connectivity index (χ2n) is 2.91. The monoisotopic (exact) mass is 207 g/mol. The van der Waals surface area contributed by atoms with Crippen molar-refractivity contribution < 1.29 is 4.79 Å². The Morgan fingerprint density at radius 3 is 2.86 bits per heavy atom. The van der Waals surface area contributed by atoms with Gasteiger partial charge in [0.1, 0.15) is 5.69 Å². The first-order chi connectivity index (χ1) is 6.68. The van der Waals surface area contributed by atoms with E-state index in [-0.39, 0.29) is 5.78 Å². The van der Waals surface area contributed by atoms with Crippen LogP contribution in [0.5, 0.6) is 0 Å². The standard InChI is InChI=1S/C9H9N3OS/c1-6-10-5-8(14-6)9(13)7-3-4-11-12(7)2/h3-5H,1-2H3. The van der Waals surface area contributed by atoms with Crippen LogP contribution in [-0.2, 0) is 7.05 Å². The maximum Gasteiger partial charge on any atom is 0.222 e. The van der Waals surface area contributed by atoms with Gasteiger partial charge in [-0.15, -0.1) is 11.3 Å². The zero-order valence-corrected chi connectivity index (χ0v) is 8.71. The summed E-state index contributed by atoms with van der Waals surface area (Å²) in [4.78, 5) is 16.6. The normalized spacial score (nSPS) is 10.4. The van der Waals surface area contributed by atoms with E-state index in [0.29, 0.717) is 10.6 Å². The molecule has 0 aliphatic carbocycles. The third-order valence-corrected chi connectivity index (χ3v) is 2.81. The number of aromatic nitrogens is 3. The molecule has 0 fully saturated rings. The Labute approximate surface area is 85.2 Å². The molecule has 0 radical (unpaired) electrons. The molecule has 2 heterocycles. The van der Waals surface area contributed by atoms with Gasteiger partial charge in [-0.3, -0.25) is 9.48 Å². The summed E-state index contributed by atoms with van der Waals surface area (Å²) in [7, 11) is 1.75. The van der Waals surface area contributed by atoms with E-state index in [1.807, 2.05) is 6.92 Å². The van der Waals surface area contributed by atoms with Crippen LogP contribution in [0.3, 0.4) is 0 Å². The predicted molar refractivity (Wildman–Crippen MR) is 53.5 cm³/mol. The van der Waals surface area contributed by atoms with Crippen molar-refractivity contribution in [3.8, 4) is 0 Å². The highest BCUT2D eigenvalue weighted by Gasteiger charge is 2.14. The summed E-state index contributed by atoms with van der Waals surface area (Å²) in [5, 5.41) is 4.85. The van der Waals surface area contributed by atoms with Crippen LogP contribution in [0.2, 0.25) is 0 Å². The largest absolute Gasteiger partial charge is 0.286 e. The van der Waals surface area contributed by atoms with Gasteiger partial charge < -0.3 is 0 Å². The molecule has 0 unspecified atom stereocenters. The van der Waals surface area contributed by atoms with Gasteiger partial charge >= 0.3 is 0 Å². The van der Waals surface area contributed by atoms with Crippen LogP contribution in [0.25, 0.3) is 0 Å². The van der Waals surface area contributed by atoms with Gasteiger partial charge in [0.05, 0.1) is 9.88 Å². The molecule has 0 aromatic carbocycles. The molecule has 2 aromatic rings. The predicted octanol–water partition coefficient (Wildman–Crippen LogP) is 1.42. The number of aryl methyl sites for hydroxylation is 2. The summed E-state index contributed by atoms with van der Waals surface area (Å²) in [6, 6.07) is 1.71. The number of carbonyl (C=O) groups is 1. The molecule has 72 valence electrons. The average Bonchev–Trinajstić information content (AvgIpc) is 2.73. The summed E-state index contributed by atoms with van der Waals surface area (Å²) >= 11 is 1.40. The lowest BCUT2D eigenvalue weighted by Crippen LogP contribution is -2.06. The van der Waals surface area contributed by atoms with E-state index in [1.54, 1.807) is 30.2 Å². The van der Waals surface area contributed by atoms with Gasteiger partial charge in [-0.2, -0.15) is 5.10 Å². The average molecular weight is 207 g/mol. The molecule has 14 heavy (non-hydrogen) atoms. The van der Waals surface area contributed by atoms with E-state index in [2.05, 4.69) is 10.1 Å². The lowest BCUT2D eigenvalue weighted by molar-refractivity contribution is 0.103. The number of carbonyl (C=O) groups excluding carboxylic acids is 1. The third-order valence-electron chi connectivity index (χ3n) is 1.90. The maximum absolute atomic E-state index is 11.9. The van der Waals surface area contributed by atoms with Crippen molar-refractivity contribution in [1.29, 1.82) is 0 Å². The highest BCUT2D eigenvalue weighted by molar-refractivity contribution is 7.13. The Kier molecular flexibility index (Phi) is 2.17. The summed E-state index contributed by atoms with van der Waals surface area (Å²) in [5.41, 5.74) is 0.591. The van der Waals surface area contributed by atoms with Crippen LogP contribution >= 0.6 is 11.3 Å². The van der Waals surface area contributed by atoms with Gasteiger partial charge in [-0.1, -0.05) is 0 Å². The lowest BCUT2D eigenvalue weighted by atomic mass is 10.2. The minimum atomic E-state index is -0.0180. The number of thiazole rings is 1. The van der Waals surface area contributed by atoms with E-state index >= 15 is 0 Å². The van der Waals surface area contributed by atoms with Crippen molar-refractivity contribution in [2.24, 2.45) is 7.05 Å². The molecule has 0 N–H and O–H groups in total. The first-order valence-corrected chi connectivity index (χ1v) is 4.95. The van der Waals surface area contributed by atoms with Crippen LogP contribution in [0.4, 0.5) is 0 Å². The second-order valence-corrected chi connectivity index (χ2v) is 4.15. The van der Waals surface area contributed by atoms with E-state index in [0.717, 1.165) is 5.01 Å². The molecule has 0 bridgehead atoms. The summed E-state index contributed by atoms with van der Waals surface area (Å²) in [5.74, 6) is -0.0180. The second kappa shape index (κ2) is 3.34. The minimum Gasteiger partial charge on any atom is -0.286 e. The van der Waals surface area contributed by atoms with Crippen molar-refractivity contribution >= 4 is 17.1 Å². The Bertz CT molecular complexity index is 472. The fourth-order valence-corrected chi connectivity index (χ4v) is 1.92. The SMILES string of the molecule is Cc1ncc(C(=O)c2ccnn2C)s1. The molecule has 0 spiro atoms. The minimum absolute atomic E-state index is 0.0180. The quantitative estimate of drug-likeness (QED) is 0.700. The van der Waals surface area contributed by atoms with Gasteiger partial charge in [-0.05, 0) is 13.0 Å². The number of hydrogen-bond donors (Lipinski definition) is 0. The van der Waals surface area contributed by atoms with E-state index < -0.39 is 0 Å². The lowest BCUT2D eigenvalue weighted by Gasteiger charge is -1.96. The first kappa shape index (κ1) is 9.08. The molecule has 5 heteroatoms. The molecule has 2 aromatic heterocycles. The summed E-state index contributed by atoms with van der Waals surface area (Å²) in [6.45, 7) is 1.88. The van der Waals surface area contributed by atoms with Gasteiger partial charge in [0.15, 0.2) is 0 Å². The van der Waals surface area contributed by atoms with Gasteiger partial charge in [0.25, 0.3) is 0 Å². The van der Waals surface area contributed by atoms with Crippen molar-refractivity contribution in [2.75, 3.05) is 0 Å². The zero-order valence-electron chi connectivity index (χ0n) is 7.89. The molecule has 0 saturated carbocycles. The number of nitrogens with zero attached hydrogens (tertiary/aromatic N) is 3. The molecular formula is C9H9N3OS. The number of hydrogen-bond acceptors (Lipinski definition) is 4. The van der Waals surface area contributed by atoms with Crippen molar-refractivity contribution in [3.63, 3.8) is 0 Å². The smallest absolute Gasteiger partial charge is 0.222 e. The molecule has 0 aliphatic heterocycles. The molecular weight excluding hydrogens is 198 g/mol. The van der Waals surface area contributed by atoms with Crippen LogP contribution in [-0.4, -0.2) is 20.5 Å². The molecule has 4 nitrogen and oxygen atoms in total. The highest BCUT2D eigenvalue weighted by Crippen LogP contribution is 2.15. The molecule has 2 rings (SSSR count). The van der Waals surface area contributed by atoms with Crippen LogP contribution in [0.15, 0.2) is 18.5 Å². The highest BCUT2D eigenvalue weighted by atomic mass is 32.1.